The van der Waals surface area contributed by atoms with Gasteiger partial charge in [-0.3, -0.25) is 5.01 Å². The Morgan fingerprint density at radius 1 is 1.15 bits per heavy atom. The Hall–Kier alpha value is -3.10. The Labute approximate surface area is 188 Å². The molecule has 7 nitrogen and oxygen atoms in total. The maximum absolute atomic E-state index is 13.7. The molecule has 1 aromatic heterocycles. The highest BCUT2D eigenvalue weighted by molar-refractivity contribution is 5.76. The summed E-state index contributed by atoms with van der Waals surface area (Å²) < 4.78 is 111. The number of hydrogen-bond donors (Lipinski definition) is 2. The molecule has 34 heavy (non-hydrogen) atoms. The Bertz CT molecular complexity index is 1030. The van der Waals surface area contributed by atoms with E-state index in [4.69, 9.17) is 16.3 Å². The monoisotopic (exact) mass is 500 g/mol. The van der Waals surface area contributed by atoms with Crippen LogP contribution in [0.15, 0.2) is 24.3 Å². The molecule has 0 unspecified atom stereocenters. The lowest BCUT2D eigenvalue weighted by Crippen LogP contribution is -2.35. The van der Waals surface area contributed by atoms with E-state index in [2.05, 4.69) is 9.97 Å². The number of benzene rings is 1. The normalized spacial score (nSPS) is 17.1. The zero-order valence-electron chi connectivity index (χ0n) is 17.6. The van der Waals surface area contributed by atoms with Crippen LogP contribution in [0, 0.1) is 0 Å². The minimum absolute atomic E-state index is 0.233. The van der Waals surface area contributed by atoms with Crippen molar-refractivity contribution in [3.8, 4) is 6.01 Å². The molecule has 1 fully saturated rings. The Morgan fingerprint density at radius 2 is 1.79 bits per heavy atom. The van der Waals surface area contributed by atoms with Crippen LogP contribution in [-0.4, -0.2) is 41.3 Å². The van der Waals surface area contributed by atoms with E-state index in [1.807, 2.05) is 0 Å². The quantitative estimate of drug-likeness (QED) is 0.350. The third kappa shape index (κ3) is 5.69. The van der Waals surface area contributed by atoms with Gasteiger partial charge in [0.05, 0.1) is 18.7 Å². The number of hydrogen-bond acceptors (Lipinski definition) is 7. The number of nitrogen functional groups attached to an aromatic ring is 1. The molecule has 0 bridgehead atoms. The van der Waals surface area contributed by atoms with Gasteiger partial charge in [-0.1, -0.05) is 18.2 Å². The molecule has 0 spiro atoms. The van der Waals surface area contributed by atoms with Gasteiger partial charge < -0.3 is 15.4 Å². The number of nitrogens with zero attached hydrogens (tertiary/aromatic N) is 4. The molecular weight excluding hydrogens is 480 g/mol. The van der Waals surface area contributed by atoms with Gasteiger partial charge in [0.15, 0.2) is 17.7 Å². The third-order valence-electron chi connectivity index (χ3n) is 5.03. The van der Waals surface area contributed by atoms with Crippen molar-refractivity contribution in [1.82, 2.24) is 9.97 Å². The van der Waals surface area contributed by atoms with E-state index >= 15 is 0 Å². The van der Waals surface area contributed by atoms with Crippen molar-refractivity contribution in [3.05, 3.63) is 35.4 Å². The van der Waals surface area contributed by atoms with E-state index < -0.39 is 67.0 Å². The Morgan fingerprint density at radius 3 is 2.35 bits per heavy atom. The van der Waals surface area contributed by atoms with Crippen molar-refractivity contribution >= 4 is 17.3 Å². The van der Waals surface area contributed by atoms with Crippen molar-refractivity contribution in [1.29, 1.82) is 0 Å². The van der Waals surface area contributed by atoms with Crippen molar-refractivity contribution in [3.63, 3.8) is 0 Å². The van der Waals surface area contributed by atoms with Gasteiger partial charge in [-0.25, -0.2) is 14.6 Å². The summed E-state index contributed by atoms with van der Waals surface area (Å²) in [6, 6.07) is 3.59. The minimum atomic E-state index is -4.81. The number of hydrazine groups is 1. The molecule has 4 N–H and O–H groups in total. The maximum Gasteiger partial charge on any atom is 0.425 e. The predicted molar refractivity (Wildman–Crippen MR) is 106 cm³/mol. The van der Waals surface area contributed by atoms with Gasteiger partial charge in [-0.05, 0) is 18.6 Å². The molecule has 2 aromatic rings. The van der Waals surface area contributed by atoms with Gasteiger partial charge in [-0.15, -0.1) is 0 Å². The fraction of sp³-hybridized carbons (Fsp3) is 0.474. The van der Waals surface area contributed by atoms with Gasteiger partial charge in [0.25, 0.3) is 5.92 Å². The molecule has 1 aliphatic rings. The number of rotatable bonds is 6. The van der Waals surface area contributed by atoms with Crippen molar-refractivity contribution in [2.75, 3.05) is 28.7 Å². The third-order valence-corrected chi connectivity index (χ3v) is 5.03. The Balaban J connectivity index is 2.02. The first-order valence-corrected chi connectivity index (χ1v) is 9.79. The van der Waals surface area contributed by atoms with Crippen LogP contribution in [0.4, 0.5) is 52.4 Å². The largest absolute Gasteiger partial charge is 0.451 e. The summed E-state index contributed by atoms with van der Waals surface area (Å²) in [6.07, 6.45) is -12.5. The molecule has 1 aromatic carbocycles. The average molecular weight is 500 g/mol. The van der Waals surface area contributed by atoms with Gasteiger partial charge in [0.1, 0.15) is 5.69 Å². The van der Waals surface area contributed by atoms with Crippen molar-refractivity contribution in [2.24, 2.45) is 5.84 Å². The molecule has 0 aliphatic carbocycles. The molecule has 3 rings (SSSR count). The van der Waals surface area contributed by atoms with Crippen molar-refractivity contribution < 1.29 is 39.9 Å². The zero-order valence-corrected chi connectivity index (χ0v) is 17.6. The lowest BCUT2D eigenvalue weighted by atomic mass is 10.1. The standard InChI is InChI=1S/C19H20F8N6O/c1-10(18(22,23)24)34-16-30-14(32-7-6-17(20,21)9-32)13(28)15(31-16)33(29)8-11-4-2-3-5-12(11)19(25,26)27/h2-5,10H,6-9,28-29H2,1H3/t10-/m0/s1. The summed E-state index contributed by atoms with van der Waals surface area (Å²) in [7, 11) is 0. The second-order valence-electron chi connectivity index (χ2n) is 7.68. The zero-order chi connectivity index (χ0) is 25.5. The molecular formula is C19H20F8N6O. The van der Waals surface area contributed by atoms with E-state index in [9.17, 15) is 35.1 Å². The highest BCUT2D eigenvalue weighted by Gasteiger charge is 2.42. The summed E-state index contributed by atoms with van der Waals surface area (Å²) >= 11 is 0. The highest BCUT2D eigenvalue weighted by Crippen LogP contribution is 2.38. The van der Waals surface area contributed by atoms with Crippen LogP contribution in [0.2, 0.25) is 0 Å². The molecule has 0 saturated carbocycles. The topological polar surface area (TPSA) is 93.5 Å². The number of ether oxygens (including phenoxy) is 1. The summed E-state index contributed by atoms with van der Waals surface area (Å²) in [4.78, 5) is 8.50. The van der Waals surface area contributed by atoms with E-state index in [1.165, 1.54) is 12.1 Å². The average Bonchev–Trinajstić information content (AvgIpc) is 3.07. The molecule has 0 radical (unpaired) electrons. The van der Waals surface area contributed by atoms with Gasteiger partial charge >= 0.3 is 18.4 Å². The summed E-state index contributed by atoms with van der Waals surface area (Å²) in [5.74, 6) is 1.94. The first-order valence-electron chi connectivity index (χ1n) is 9.79. The molecule has 1 saturated heterocycles. The smallest absolute Gasteiger partial charge is 0.425 e. The fourth-order valence-corrected chi connectivity index (χ4v) is 3.27. The van der Waals surface area contributed by atoms with Gasteiger partial charge in [0.2, 0.25) is 0 Å². The highest BCUT2D eigenvalue weighted by atomic mass is 19.4. The minimum Gasteiger partial charge on any atom is -0.451 e. The number of alkyl halides is 8. The summed E-state index contributed by atoms with van der Waals surface area (Å²) in [5.41, 5.74) is 4.29. The molecule has 188 valence electrons. The van der Waals surface area contributed by atoms with Crippen LogP contribution >= 0.6 is 0 Å². The first-order chi connectivity index (χ1) is 15.6. The predicted octanol–water partition coefficient (Wildman–Crippen LogP) is 4.13. The maximum atomic E-state index is 13.7. The molecule has 1 aliphatic heterocycles. The van der Waals surface area contributed by atoms with Gasteiger partial charge in [0, 0.05) is 13.0 Å². The second kappa shape index (κ2) is 8.92. The van der Waals surface area contributed by atoms with Crippen LogP contribution in [0.5, 0.6) is 6.01 Å². The lowest BCUT2D eigenvalue weighted by molar-refractivity contribution is -0.190. The number of halogens is 8. The number of nitrogens with two attached hydrogens (primary N) is 2. The van der Waals surface area contributed by atoms with Crippen LogP contribution in [-0.2, 0) is 12.7 Å². The summed E-state index contributed by atoms with van der Waals surface area (Å²) in [5, 5.41) is 0.657. The van der Waals surface area contributed by atoms with Crippen LogP contribution in [0.3, 0.4) is 0 Å². The second-order valence-corrected chi connectivity index (χ2v) is 7.68. The Kier molecular flexibility index (Phi) is 6.70. The van der Waals surface area contributed by atoms with Crippen LogP contribution in [0.25, 0.3) is 0 Å². The van der Waals surface area contributed by atoms with E-state index in [-0.39, 0.29) is 17.9 Å². The fourth-order valence-electron chi connectivity index (χ4n) is 3.27. The van der Waals surface area contributed by atoms with Crippen LogP contribution in [0.1, 0.15) is 24.5 Å². The first kappa shape index (κ1) is 25.5. The number of anilines is 3. The summed E-state index contributed by atoms with van der Waals surface area (Å²) in [6.45, 7) is -1.00. The molecule has 15 heteroatoms. The number of aromatic nitrogens is 2. The molecule has 2 heterocycles. The van der Waals surface area contributed by atoms with E-state index in [0.29, 0.717) is 11.9 Å². The van der Waals surface area contributed by atoms with E-state index in [0.717, 1.165) is 17.0 Å². The van der Waals surface area contributed by atoms with E-state index in [1.54, 1.807) is 0 Å². The lowest BCUT2D eigenvalue weighted by Gasteiger charge is -2.26. The molecule has 1 atom stereocenters. The molecule has 0 amide bonds. The van der Waals surface area contributed by atoms with Crippen molar-refractivity contribution in [2.45, 2.75) is 44.3 Å². The van der Waals surface area contributed by atoms with Gasteiger partial charge in [-0.2, -0.15) is 36.3 Å². The van der Waals surface area contributed by atoms with Crippen LogP contribution < -0.4 is 26.2 Å². The SMILES string of the molecule is C[C@H](Oc1nc(N(N)Cc2ccccc2C(F)(F)F)c(N)c(N2CCC(F)(F)C2)n1)C(F)(F)F.